The summed E-state index contributed by atoms with van der Waals surface area (Å²) < 4.78 is 56.3. The fourth-order valence-electron chi connectivity index (χ4n) is 6.24. The first-order chi connectivity index (χ1) is 24.0. The molecule has 11 nitrogen and oxygen atoms in total. The van der Waals surface area contributed by atoms with Gasteiger partial charge in [-0.2, -0.15) is 14.6 Å². The van der Waals surface area contributed by atoms with Gasteiger partial charge in [0.05, 0.1) is 46.4 Å². The van der Waals surface area contributed by atoms with Gasteiger partial charge in [0.2, 0.25) is 0 Å². The van der Waals surface area contributed by atoms with Gasteiger partial charge in [-0.25, -0.2) is 18.6 Å². The zero-order chi connectivity index (χ0) is 35.3. The zero-order valence-electron chi connectivity index (χ0n) is 28.2. The molecule has 0 bridgehead atoms. The van der Waals surface area contributed by atoms with Crippen LogP contribution in [-0.2, 0) is 23.1 Å². The highest BCUT2D eigenvalue weighted by Gasteiger charge is 2.35. The number of fused-ring (bicyclic) bond motifs is 3. The van der Waals surface area contributed by atoms with Crippen LogP contribution in [0.4, 0.5) is 13.6 Å². The minimum atomic E-state index is -0.834. The summed E-state index contributed by atoms with van der Waals surface area (Å²) in [6, 6.07) is 9.10. The van der Waals surface area contributed by atoms with Gasteiger partial charge < -0.3 is 14.2 Å². The normalized spacial score (nSPS) is 14.7. The summed E-state index contributed by atoms with van der Waals surface area (Å²) in [4.78, 5) is 20.0. The van der Waals surface area contributed by atoms with Crippen LogP contribution in [0.25, 0.3) is 54.8 Å². The predicted molar refractivity (Wildman–Crippen MR) is 187 cm³/mol. The Labute approximate surface area is 290 Å². The van der Waals surface area contributed by atoms with E-state index in [9.17, 15) is 9.18 Å². The number of aromatic nitrogens is 6. The molecule has 1 aliphatic heterocycles. The number of methoxy groups -OCH3 is 1. The van der Waals surface area contributed by atoms with Crippen LogP contribution < -0.4 is 4.74 Å². The Kier molecular flexibility index (Phi) is 8.60. The van der Waals surface area contributed by atoms with Crippen molar-refractivity contribution in [3.8, 4) is 39.5 Å². The lowest BCUT2D eigenvalue weighted by Gasteiger charge is -2.35. The lowest BCUT2D eigenvalue weighted by atomic mass is 9.95. The molecule has 1 amide bonds. The Balaban J connectivity index is 1.47. The minimum Gasteiger partial charge on any atom is -0.490 e. The average molecular weight is 700 g/mol. The summed E-state index contributed by atoms with van der Waals surface area (Å²) in [5.74, 6) is -1.64. The third kappa shape index (κ3) is 6.09. The molecule has 0 saturated heterocycles. The maximum Gasteiger partial charge on any atom is 0.411 e. The van der Waals surface area contributed by atoms with Crippen molar-refractivity contribution in [1.29, 1.82) is 0 Å². The molecule has 0 unspecified atom stereocenters. The molecule has 14 heteroatoms. The Morgan fingerprint density at radius 1 is 1.08 bits per heavy atom. The van der Waals surface area contributed by atoms with E-state index in [0.717, 1.165) is 28.6 Å². The lowest BCUT2D eigenvalue weighted by molar-refractivity contribution is 0.0149. The van der Waals surface area contributed by atoms with Crippen molar-refractivity contribution in [2.24, 2.45) is 7.05 Å². The van der Waals surface area contributed by atoms with Gasteiger partial charge in [0.15, 0.2) is 0 Å². The van der Waals surface area contributed by atoms with E-state index in [0.29, 0.717) is 51.5 Å². The maximum atomic E-state index is 16.2. The van der Waals surface area contributed by atoms with Gasteiger partial charge in [-0.3, -0.25) is 14.3 Å². The molecule has 0 saturated carbocycles. The van der Waals surface area contributed by atoms with Crippen molar-refractivity contribution in [3.63, 3.8) is 0 Å². The SMILES string of the molecule is C=C[C@@H]1c2cc(-c3nc(-c4ccc5cn(C)nc5c4)c4sncc4c3-c3c(F)cc(F)cc3OCCOC)nn2CCN1C(=O)OC(C)(C)C. The maximum absolute atomic E-state index is 16.2. The molecule has 0 fully saturated rings. The van der Waals surface area contributed by atoms with Gasteiger partial charge in [0, 0.05) is 67.1 Å². The molecule has 0 aliphatic carbocycles. The minimum absolute atomic E-state index is 0.0122. The Morgan fingerprint density at radius 3 is 2.66 bits per heavy atom. The highest BCUT2D eigenvalue weighted by atomic mass is 32.1. The number of aryl methyl sites for hydroxylation is 1. The van der Waals surface area contributed by atoms with E-state index in [1.54, 1.807) is 26.5 Å². The number of halogens is 2. The van der Waals surface area contributed by atoms with E-state index in [4.69, 9.17) is 24.3 Å². The molecule has 6 aromatic rings. The highest BCUT2D eigenvalue weighted by Crippen LogP contribution is 2.47. The summed E-state index contributed by atoms with van der Waals surface area (Å²) in [6.07, 6.45) is 4.77. The number of hydrogen-bond donors (Lipinski definition) is 0. The monoisotopic (exact) mass is 699 g/mol. The second-order valence-corrected chi connectivity index (χ2v) is 13.8. The van der Waals surface area contributed by atoms with Gasteiger partial charge >= 0.3 is 6.09 Å². The smallest absolute Gasteiger partial charge is 0.411 e. The van der Waals surface area contributed by atoms with E-state index < -0.39 is 29.4 Å². The molecule has 2 aromatic carbocycles. The second kappa shape index (κ2) is 12.9. The van der Waals surface area contributed by atoms with E-state index in [1.165, 1.54) is 18.6 Å². The molecule has 50 heavy (non-hydrogen) atoms. The Morgan fingerprint density at radius 2 is 1.90 bits per heavy atom. The number of pyridine rings is 1. The Bertz CT molecular complexity index is 2270. The molecule has 1 aliphatic rings. The van der Waals surface area contributed by atoms with Gasteiger partial charge in [-0.05, 0) is 44.4 Å². The van der Waals surface area contributed by atoms with Gasteiger partial charge in [-0.1, -0.05) is 18.2 Å². The molecule has 1 atom stereocenters. The van der Waals surface area contributed by atoms with Crippen molar-refractivity contribution in [1.82, 2.24) is 33.8 Å². The fraction of sp³-hybridized carbons (Fsp3) is 0.306. The largest absolute Gasteiger partial charge is 0.490 e. The van der Waals surface area contributed by atoms with E-state index in [2.05, 4.69) is 16.1 Å². The van der Waals surface area contributed by atoms with Crippen molar-refractivity contribution < 1.29 is 27.8 Å². The van der Waals surface area contributed by atoms with Crippen molar-refractivity contribution >= 4 is 38.6 Å². The summed E-state index contributed by atoms with van der Waals surface area (Å²) in [6.45, 7) is 10.4. The third-order valence-corrected chi connectivity index (χ3v) is 9.13. The van der Waals surface area contributed by atoms with Gasteiger partial charge in [0.25, 0.3) is 0 Å². The summed E-state index contributed by atoms with van der Waals surface area (Å²) in [7, 11) is 3.37. The van der Waals surface area contributed by atoms with Crippen LogP contribution in [0.3, 0.4) is 0 Å². The van der Waals surface area contributed by atoms with Gasteiger partial charge in [0.1, 0.15) is 41.0 Å². The molecule has 5 heterocycles. The van der Waals surface area contributed by atoms with Gasteiger partial charge in [-0.15, -0.1) is 6.58 Å². The third-order valence-electron chi connectivity index (χ3n) is 8.32. The molecule has 7 rings (SSSR count). The number of nitrogens with zero attached hydrogens (tertiary/aromatic N) is 7. The first kappa shape index (κ1) is 33.3. The fourth-order valence-corrected chi connectivity index (χ4v) is 7.00. The van der Waals surface area contributed by atoms with E-state index in [1.807, 2.05) is 58.3 Å². The van der Waals surface area contributed by atoms with Crippen LogP contribution in [0, 0.1) is 11.6 Å². The van der Waals surface area contributed by atoms with Crippen LogP contribution in [0.15, 0.2) is 61.4 Å². The van der Waals surface area contributed by atoms with Crippen molar-refractivity contribution in [2.75, 3.05) is 26.9 Å². The topological polar surface area (TPSA) is 109 Å². The van der Waals surface area contributed by atoms with Crippen LogP contribution in [0.2, 0.25) is 0 Å². The van der Waals surface area contributed by atoms with Crippen LogP contribution in [0.1, 0.15) is 32.5 Å². The molecule has 0 spiro atoms. The first-order valence-corrected chi connectivity index (χ1v) is 16.8. The number of rotatable bonds is 8. The van der Waals surface area contributed by atoms with E-state index >= 15 is 4.39 Å². The number of carbonyl (C=O) groups is 1. The van der Waals surface area contributed by atoms with Crippen LogP contribution in [-0.4, -0.2) is 72.4 Å². The zero-order valence-corrected chi connectivity index (χ0v) is 29.1. The summed E-state index contributed by atoms with van der Waals surface area (Å²) >= 11 is 1.22. The summed E-state index contributed by atoms with van der Waals surface area (Å²) in [5, 5.41) is 11.1. The molecule has 4 aromatic heterocycles. The molecular weight excluding hydrogens is 665 g/mol. The standard InChI is InChI=1S/C36H35F2N7O4S/c1-7-27-28-17-26(42-45(28)11-10-44(27)35(46)49-36(2,3)4)33-30(31-24(38)15-22(37)16-29(31)48-13-12-47-6)23-18-39-50-34(23)32(40-33)20-8-9-21-19-43(5)41-25(21)14-20/h7-9,14-19,27H,1,10-13H2,2-6H3/t27-/m1/s1. The van der Waals surface area contributed by atoms with Crippen LogP contribution >= 0.6 is 11.5 Å². The van der Waals surface area contributed by atoms with Crippen molar-refractivity contribution in [2.45, 2.75) is 39.0 Å². The number of amides is 1. The number of carbonyl (C=O) groups excluding carboxylic acids is 1. The highest BCUT2D eigenvalue weighted by molar-refractivity contribution is 7.14. The molecular formula is C36H35F2N7O4S. The molecule has 0 radical (unpaired) electrons. The first-order valence-electron chi connectivity index (χ1n) is 16.0. The summed E-state index contributed by atoms with van der Waals surface area (Å²) in [5.41, 5.74) is 3.23. The number of hydrogen-bond acceptors (Lipinski definition) is 9. The van der Waals surface area contributed by atoms with Crippen molar-refractivity contribution in [3.05, 3.63) is 78.8 Å². The molecule has 0 N–H and O–H groups in total. The quantitative estimate of drug-likeness (QED) is 0.118. The predicted octanol–water partition coefficient (Wildman–Crippen LogP) is 7.56. The lowest BCUT2D eigenvalue weighted by Crippen LogP contribution is -2.44. The average Bonchev–Trinajstić information content (AvgIpc) is 3.80. The van der Waals surface area contributed by atoms with E-state index in [-0.39, 0.29) is 24.5 Å². The van der Waals surface area contributed by atoms with Crippen LogP contribution in [0.5, 0.6) is 5.75 Å². The number of benzene rings is 2. The molecule has 258 valence electrons. The second-order valence-electron chi connectivity index (χ2n) is 13.0. The number of ether oxygens (including phenoxy) is 3. The Hall–Kier alpha value is -5.21.